The van der Waals surface area contributed by atoms with Crippen LogP contribution in [0.2, 0.25) is 0 Å². The van der Waals surface area contributed by atoms with Gasteiger partial charge in [-0.2, -0.15) is 0 Å². The number of halogens is 1. The molecular formula is C23H29FN6O2. The summed E-state index contributed by atoms with van der Waals surface area (Å²) in [5, 5.41) is 6.46. The van der Waals surface area contributed by atoms with Gasteiger partial charge < -0.3 is 9.47 Å². The minimum absolute atomic E-state index is 0.0808. The van der Waals surface area contributed by atoms with Crippen molar-refractivity contribution in [1.29, 1.82) is 0 Å². The topological polar surface area (TPSA) is 56.3 Å². The van der Waals surface area contributed by atoms with Crippen LogP contribution >= 0.6 is 0 Å². The Kier molecular flexibility index (Phi) is 5.86. The average Bonchev–Trinajstić information content (AvgIpc) is 3.28. The van der Waals surface area contributed by atoms with E-state index in [1.807, 2.05) is 19.1 Å². The second-order valence-electron chi connectivity index (χ2n) is 8.37. The normalized spacial score (nSPS) is 22.8. The minimum Gasteiger partial charge on any atom is -0.497 e. The van der Waals surface area contributed by atoms with E-state index in [9.17, 15) is 4.39 Å². The lowest BCUT2D eigenvalue weighted by Crippen LogP contribution is -2.71. The number of piperazine rings is 1. The summed E-state index contributed by atoms with van der Waals surface area (Å²) >= 11 is 0. The van der Waals surface area contributed by atoms with Gasteiger partial charge in [-0.25, -0.2) is 19.5 Å². The van der Waals surface area contributed by atoms with Crippen LogP contribution in [0.4, 0.5) is 4.39 Å². The zero-order valence-corrected chi connectivity index (χ0v) is 18.4. The Labute approximate surface area is 187 Å². The largest absolute Gasteiger partial charge is 0.497 e. The molecule has 2 atom stereocenters. The molecule has 2 bridgehead atoms. The number of methoxy groups -OCH3 is 1. The molecule has 4 aliphatic heterocycles. The molecule has 1 aromatic heterocycles. The standard InChI is InChI=1S/C23H29FN6O2/c1-3-32-23-22(24)10-18(12-25-23)14-29-19-11-20(29)16-28(15-19)30-9-8-27(26-30)13-17-4-6-21(31-2)7-5-17/h4-10,12,19-20,26H,3,11,13-16H2,1-2H3. The number of pyridine rings is 1. The molecule has 9 heteroatoms. The van der Waals surface area contributed by atoms with Crippen molar-refractivity contribution in [2.45, 2.75) is 38.5 Å². The first kappa shape index (κ1) is 21.0. The van der Waals surface area contributed by atoms with E-state index in [0.717, 1.165) is 30.9 Å². The van der Waals surface area contributed by atoms with Crippen molar-refractivity contribution in [3.63, 3.8) is 0 Å². The number of benzene rings is 1. The quantitative estimate of drug-likeness (QED) is 0.672. The van der Waals surface area contributed by atoms with E-state index >= 15 is 0 Å². The molecule has 1 aromatic carbocycles. The van der Waals surface area contributed by atoms with Crippen LogP contribution in [-0.2, 0) is 13.1 Å². The Morgan fingerprint density at radius 3 is 2.56 bits per heavy atom. The van der Waals surface area contributed by atoms with Gasteiger partial charge in [0.25, 0.3) is 0 Å². The number of hydrogen-bond acceptors (Lipinski definition) is 8. The number of rotatable bonds is 8. The number of nitrogens with one attached hydrogen (secondary N) is 1. The molecule has 8 nitrogen and oxygen atoms in total. The fourth-order valence-corrected chi connectivity index (χ4v) is 4.62. The zero-order valence-electron chi connectivity index (χ0n) is 18.4. The smallest absolute Gasteiger partial charge is 0.250 e. The third-order valence-electron chi connectivity index (χ3n) is 6.27. The Morgan fingerprint density at radius 1 is 1.09 bits per heavy atom. The molecule has 1 N–H and O–H groups in total. The number of nitrogens with zero attached hydrogens (tertiary/aromatic N) is 5. The summed E-state index contributed by atoms with van der Waals surface area (Å²) in [6.07, 6.45) is 7.01. The highest BCUT2D eigenvalue weighted by molar-refractivity contribution is 5.27. The molecule has 6 rings (SSSR count). The molecule has 0 saturated carbocycles. The van der Waals surface area contributed by atoms with Crippen molar-refractivity contribution in [2.75, 3.05) is 26.8 Å². The Bertz CT molecular complexity index is 959. The first-order valence-corrected chi connectivity index (χ1v) is 11.0. The molecule has 3 fully saturated rings. The first-order valence-electron chi connectivity index (χ1n) is 11.0. The second-order valence-corrected chi connectivity index (χ2v) is 8.37. The predicted molar refractivity (Wildman–Crippen MR) is 117 cm³/mol. The molecule has 32 heavy (non-hydrogen) atoms. The maximum Gasteiger partial charge on any atom is 0.250 e. The Morgan fingerprint density at radius 2 is 1.88 bits per heavy atom. The van der Waals surface area contributed by atoms with Gasteiger partial charge in [-0.3, -0.25) is 9.91 Å². The number of ether oxygens (including phenoxy) is 2. The lowest BCUT2D eigenvalue weighted by molar-refractivity contribution is -0.164. The molecule has 4 aliphatic rings. The molecule has 3 saturated heterocycles. The van der Waals surface area contributed by atoms with Crippen LogP contribution in [0, 0.1) is 5.82 Å². The molecule has 0 spiro atoms. The molecule has 2 unspecified atom stereocenters. The zero-order chi connectivity index (χ0) is 22.1. The number of aromatic nitrogens is 1. The van der Waals surface area contributed by atoms with Crippen molar-refractivity contribution in [1.82, 2.24) is 30.6 Å². The SMILES string of the molecule is CCOc1ncc(CN2C3CC2CN(N2C=CN(Cc4ccc(OC)cc4)N2)C3)cc1F. The first-order chi connectivity index (χ1) is 15.6. The van der Waals surface area contributed by atoms with Crippen LogP contribution < -0.4 is 15.0 Å². The van der Waals surface area contributed by atoms with Crippen LogP contribution in [0.25, 0.3) is 0 Å². The fourth-order valence-electron chi connectivity index (χ4n) is 4.62. The molecule has 0 radical (unpaired) electrons. The Balaban J connectivity index is 1.12. The summed E-state index contributed by atoms with van der Waals surface area (Å²) in [6, 6.07) is 10.6. The van der Waals surface area contributed by atoms with E-state index in [1.54, 1.807) is 19.4 Å². The van der Waals surface area contributed by atoms with E-state index in [0.29, 0.717) is 25.2 Å². The van der Waals surface area contributed by atoms with Crippen molar-refractivity contribution >= 4 is 0 Å². The monoisotopic (exact) mass is 440 g/mol. The highest BCUT2D eigenvalue weighted by Crippen LogP contribution is 2.34. The summed E-state index contributed by atoms with van der Waals surface area (Å²) < 4.78 is 24.6. The molecule has 5 heterocycles. The summed E-state index contributed by atoms with van der Waals surface area (Å²) in [6.45, 7) is 5.57. The highest BCUT2D eigenvalue weighted by atomic mass is 19.1. The lowest BCUT2D eigenvalue weighted by Gasteiger charge is -2.57. The average molecular weight is 441 g/mol. The van der Waals surface area contributed by atoms with E-state index in [4.69, 9.17) is 9.47 Å². The maximum atomic E-state index is 14.1. The van der Waals surface area contributed by atoms with E-state index in [1.165, 1.54) is 12.0 Å². The van der Waals surface area contributed by atoms with Gasteiger partial charge in [0, 0.05) is 44.1 Å². The fraction of sp³-hybridized carbons (Fsp3) is 0.435. The van der Waals surface area contributed by atoms with Crippen LogP contribution in [-0.4, -0.2) is 63.9 Å². The van der Waals surface area contributed by atoms with E-state index in [2.05, 4.69) is 55.1 Å². The van der Waals surface area contributed by atoms with Gasteiger partial charge in [-0.1, -0.05) is 12.1 Å². The molecule has 170 valence electrons. The van der Waals surface area contributed by atoms with Gasteiger partial charge in [0.05, 0.1) is 26.5 Å². The molecule has 0 amide bonds. The van der Waals surface area contributed by atoms with Crippen molar-refractivity contribution in [2.24, 2.45) is 0 Å². The number of hydrazine groups is 3. The summed E-state index contributed by atoms with van der Waals surface area (Å²) in [5.74, 6) is 0.554. The summed E-state index contributed by atoms with van der Waals surface area (Å²) in [4.78, 5) is 6.58. The molecular weight excluding hydrogens is 411 g/mol. The van der Waals surface area contributed by atoms with Crippen molar-refractivity contribution in [3.8, 4) is 11.6 Å². The van der Waals surface area contributed by atoms with Gasteiger partial charge in [0.2, 0.25) is 5.88 Å². The number of fused-ring (bicyclic) bond motifs is 2. The predicted octanol–water partition coefficient (Wildman–Crippen LogP) is 2.51. The van der Waals surface area contributed by atoms with Gasteiger partial charge in [-0.15, -0.1) is 5.53 Å². The summed E-state index contributed by atoms with van der Waals surface area (Å²) in [5.41, 5.74) is 5.52. The van der Waals surface area contributed by atoms with Gasteiger partial charge in [0.1, 0.15) is 5.75 Å². The number of piperidine rings is 1. The van der Waals surface area contributed by atoms with E-state index < -0.39 is 0 Å². The van der Waals surface area contributed by atoms with E-state index in [-0.39, 0.29) is 11.7 Å². The summed E-state index contributed by atoms with van der Waals surface area (Å²) in [7, 11) is 1.68. The van der Waals surface area contributed by atoms with Crippen molar-refractivity contribution < 1.29 is 13.9 Å². The van der Waals surface area contributed by atoms with Crippen LogP contribution in [0.3, 0.4) is 0 Å². The van der Waals surface area contributed by atoms with Crippen molar-refractivity contribution in [3.05, 3.63) is 65.9 Å². The maximum absolute atomic E-state index is 14.1. The minimum atomic E-state index is -0.389. The van der Waals surface area contributed by atoms with Gasteiger partial charge >= 0.3 is 0 Å². The van der Waals surface area contributed by atoms with Crippen LogP contribution in [0.15, 0.2) is 48.9 Å². The van der Waals surface area contributed by atoms with Crippen LogP contribution in [0.1, 0.15) is 24.5 Å². The third-order valence-corrected chi connectivity index (χ3v) is 6.27. The Hall–Kier alpha value is -2.88. The second kappa shape index (κ2) is 8.93. The van der Waals surface area contributed by atoms with Gasteiger partial charge in [0.15, 0.2) is 5.82 Å². The van der Waals surface area contributed by atoms with Crippen LogP contribution in [0.5, 0.6) is 11.6 Å². The molecule has 2 aromatic rings. The highest BCUT2D eigenvalue weighted by Gasteiger charge is 2.46. The molecule has 0 aliphatic carbocycles. The van der Waals surface area contributed by atoms with Gasteiger partial charge in [-0.05, 0) is 42.7 Å². The number of hydrogen-bond donors (Lipinski definition) is 1. The third kappa shape index (κ3) is 4.23. The lowest BCUT2D eigenvalue weighted by atomic mass is 9.87.